The van der Waals surface area contributed by atoms with Crippen LogP contribution in [0.2, 0.25) is 0 Å². The number of piperazine rings is 1. The maximum atomic E-state index is 13.4. The number of nitrogens with zero attached hydrogens (tertiary/aromatic N) is 1. The minimum Gasteiger partial charge on any atom is -0.342 e. The minimum atomic E-state index is -0.605. The highest BCUT2D eigenvalue weighted by molar-refractivity contribution is 6.07. The van der Waals surface area contributed by atoms with Crippen molar-refractivity contribution in [2.75, 3.05) is 11.4 Å². The van der Waals surface area contributed by atoms with Crippen LogP contribution in [0.15, 0.2) is 18.2 Å². The van der Waals surface area contributed by atoms with Crippen LogP contribution < -0.4 is 10.2 Å². The highest BCUT2D eigenvalue weighted by atomic mass is 19.1. The smallest absolute Gasteiger partial charge is 0.250 e. The van der Waals surface area contributed by atoms with Gasteiger partial charge in [-0.25, -0.2) is 4.39 Å². The fraction of sp³-hybridized carbons (Fsp3) is 0.467. The first-order valence-electron chi connectivity index (χ1n) is 6.57. The number of rotatable bonds is 1. The van der Waals surface area contributed by atoms with Crippen LogP contribution in [0.5, 0.6) is 0 Å². The fourth-order valence-corrected chi connectivity index (χ4v) is 2.31. The Morgan fingerprint density at radius 2 is 1.95 bits per heavy atom. The van der Waals surface area contributed by atoms with Crippen LogP contribution in [-0.4, -0.2) is 24.4 Å². The Hall–Kier alpha value is -1.91. The van der Waals surface area contributed by atoms with E-state index in [9.17, 15) is 14.0 Å². The zero-order valence-corrected chi connectivity index (χ0v) is 12.2. The van der Waals surface area contributed by atoms with Crippen LogP contribution in [0.3, 0.4) is 0 Å². The van der Waals surface area contributed by atoms with Crippen molar-refractivity contribution in [3.8, 4) is 0 Å². The molecule has 1 atom stereocenters. The number of halogens is 1. The monoisotopic (exact) mass is 278 g/mol. The van der Waals surface area contributed by atoms with Gasteiger partial charge in [-0.1, -0.05) is 26.8 Å². The van der Waals surface area contributed by atoms with Crippen molar-refractivity contribution in [2.45, 2.75) is 33.7 Å². The number of amides is 2. The number of hydrogen-bond acceptors (Lipinski definition) is 2. The van der Waals surface area contributed by atoms with Crippen LogP contribution >= 0.6 is 0 Å². The van der Waals surface area contributed by atoms with E-state index in [2.05, 4.69) is 5.32 Å². The molecule has 1 saturated heterocycles. The van der Waals surface area contributed by atoms with Crippen LogP contribution in [-0.2, 0) is 9.59 Å². The third-order valence-corrected chi connectivity index (χ3v) is 3.45. The molecular weight excluding hydrogens is 259 g/mol. The van der Waals surface area contributed by atoms with Gasteiger partial charge in [-0.05, 0) is 30.0 Å². The number of anilines is 1. The van der Waals surface area contributed by atoms with E-state index in [1.165, 1.54) is 17.0 Å². The Morgan fingerprint density at radius 3 is 2.55 bits per heavy atom. The molecule has 4 nitrogen and oxygen atoms in total. The zero-order valence-electron chi connectivity index (χ0n) is 12.2. The number of aryl methyl sites for hydroxylation is 1. The molecule has 0 aromatic heterocycles. The normalized spacial score (nSPS) is 20.1. The highest BCUT2D eigenvalue weighted by Crippen LogP contribution is 2.28. The largest absolute Gasteiger partial charge is 0.342 e. The van der Waals surface area contributed by atoms with Gasteiger partial charge in [-0.2, -0.15) is 0 Å². The Kier molecular flexibility index (Phi) is 3.54. The van der Waals surface area contributed by atoms with Gasteiger partial charge in [0.15, 0.2) is 0 Å². The van der Waals surface area contributed by atoms with Gasteiger partial charge < -0.3 is 10.2 Å². The minimum absolute atomic E-state index is 0.0737. The maximum absolute atomic E-state index is 13.4. The number of nitrogens with one attached hydrogen (secondary N) is 1. The molecule has 1 N–H and O–H groups in total. The molecule has 1 heterocycles. The highest BCUT2D eigenvalue weighted by Gasteiger charge is 2.40. The van der Waals surface area contributed by atoms with Crippen molar-refractivity contribution in [3.63, 3.8) is 0 Å². The second-order valence-corrected chi connectivity index (χ2v) is 6.22. The molecule has 1 aromatic rings. The number of carbonyl (C=O) groups is 2. The van der Waals surface area contributed by atoms with E-state index in [-0.39, 0.29) is 18.4 Å². The second kappa shape index (κ2) is 4.89. The maximum Gasteiger partial charge on any atom is 0.250 e. The first-order valence-corrected chi connectivity index (χ1v) is 6.57. The lowest BCUT2D eigenvalue weighted by Crippen LogP contribution is -2.62. The molecule has 1 unspecified atom stereocenters. The third kappa shape index (κ3) is 2.66. The summed E-state index contributed by atoms with van der Waals surface area (Å²) in [6.45, 7) is 7.38. The molecule has 1 aliphatic rings. The average Bonchev–Trinajstić information content (AvgIpc) is 2.33. The van der Waals surface area contributed by atoms with E-state index < -0.39 is 17.3 Å². The summed E-state index contributed by atoms with van der Waals surface area (Å²) in [4.78, 5) is 25.8. The summed E-state index contributed by atoms with van der Waals surface area (Å²) < 4.78 is 13.4. The van der Waals surface area contributed by atoms with Crippen LogP contribution in [0, 0.1) is 18.2 Å². The van der Waals surface area contributed by atoms with Gasteiger partial charge in [-0.3, -0.25) is 9.59 Å². The molecule has 1 aliphatic heterocycles. The van der Waals surface area contributed by atoms with Gasteiger partial charge in [0.1, 0.15) is 18.4 Å². The lowest BCUT2D eigenvalue weighted by Gasteiger charge is -2.39. The zero-order chi connectivity index (χ0) is 15.1. The van der Waals surface area contributed by atoms with Crippen molar-refractivity contribution < 1.29 is 14.0 Å². The van der Waals surface area contributed by atoms with Crippen LogP contribution in [0.1, 0.15) is 26.3 Å². The van der Waals surface area contributed by atoms with Crippen molar-refractivity contribution in [1.82, 2.24) is 5.32 Å². The number of hydrogen-bond donors (Lipinski definition) is 1. The average molecular weight is 278 g/mol. The molecule has 0 saturated carbocycles. The molecule has 0 radical (unpaired) electrons. The lowest BCUT2D eigenvalue weighted by molar-refractivity contribution is -0.133. The van der Waals surface area contributed by atoms with E-state index in [1.807, 2.05) is 20.8 Å². The summed E-state index contributed by atoms with van der Waals surface area (Å²) in [5.41, 5.74) is 0.827. The molecule has 108 valence electrons. The number of carbonyl (C=O) groups excluding carboxylic acids is 2. The van der Waals surface area contributed by atoms with Gasteiger partial charge in [0.2, 0.25) is 5.91 Å². The first kappa shape index (κ1) is 14.5. The van der Waals surface area contributed by atoms with Gasteiger partial charge in [0.05, 0.1) is 5.69 Å². The van der Waals surface area contributed by atoms with Crippen molar-refractivity contribution in [3.05, 3.63) is 29.6 Å². The topological polar surface area (TPSA) is 49.4 Å². The summed E-state index contributed by atoms with van der Waals surface area (Å²) in [5, 5.41) is 2.72. The van der Waals surface area contributed by atoms with Crippen molar-refractivity contribution in [1.29, 1.82) is 0 Å². The Balaban J connectivity index is 2.43. The molecule has 20 heavy (non-hydrogen) atoms. The van der Waals surface area contributed by atoms with Crippen LogP contribution in [0.25, 0.3) is 0 Å². The quantitative estimate of drug-likeness (QED) is 0.854. The molecule has 0 aliphatic carbocycles. The predicted octanol–water partition coefficient (Wildman–Crippen LogP) is 2.01. The third-order valence-electron chi connectivity index (χ3n) is 3.45. The number of benzene rings is 1. The van der Waals surface area contributed by atoms with E-state index in [4.69, 9.17) is 0 Å². The predicted molar refractivity (Wildman–Crippen MR) is 74.9 cm³/mol. The molecule has 2 amide bonds. The molecular formula is C15H19FN2O2. The molecule has 5 heteroatoms. The van der Waals surface area contributed by atoms with Gasteiger partial charge in [-0.15, -0.1) is 0 Å². The van der Waals surface area contributed by atoms with Crippen molar-refractivity contribution in [2.24, 2.45) is 5.41 Å². The summed E-state index contributed by atoms with van der Waals surface area (Å²) in [6.07, 6.45) is 0. The SMILES string of the molecule is Cc1ccc(F)cc1N1CC(=O)NC(C(C)(C)C)C1=O. The standard InChI is InChI=1S/C15H19FN2O2/c1-9-5-6-10(16)7-11(9)18-8-12(19)17-13(14(18)20)15(2,3)4/h5-7,13H,8H2,1-4H3,(H,17,19). The Labute approximate surface area is 118 Å². The molecule has 1 aromatic carbocycles. The van der Waals surface area contributed by atoms with Gasteiger partial charge >= 0.3 is 0 Å². The Morgan fingerprint density at radius 1 is 1.30 bits per heavy atom. The molecule has 0 spiro atoms. The first-order chi connectivity index (χ1) is 9.20. The summed E-state index contributed by atoms with van der Waals surface area (Å²) >= 11 is 0. The van der Waals surface area contributed by atoms with Crippen molar-refractivity contribution >= 4 is 17.5 Å². The molecule has 1 fully saturated rings. The van der Waals surface area contributed by atoms with Gasteiger partial charge in [0, 0.05) is 0 Å². The van der Waals surface area contributed by atoms with E-state index in [0.29, 0.717) is 5.69 Å². The second-order valence-electron chi connectivity index (χ2n) is 6.22. The molecule has 0 bridgehead atoms. The van der Waals surface area contributed by atoms with E-state index >= 15 is 0 Å². The Bertz CT molecular complexity index is 563. The summed E-state index contributed by atoms with van der Waals surface area (Å²) in [6, 6.07) is 3.64. The lowest BCUT2D eigenvalue weighted by atomic mass is 9.84. The van der Waals surface area contributed by atoms with Gasteiger partial charge in [0.25, 0.3) is 5.91 Å². The summed E-state index contributed by atoms with van der Waals surface area (Å²) in [7, 11) is 0. The van der Waals surface area contributed by atoms with E-state index in [1.54, 1.807) is 13.0 Å². The van der Waals surface area contributed by atoms with Crippen LogP contribution in [0.4, 0.5) is 10.1 Å². The fourth-order valence-electron chi connectivity index (χ4n) is 2.31. The molecule has 2 rings (SSSR count). The van der Waals surface area contributed by atoms with E-state index in [0.717, 1.165) is 5.56 Å². The summed E-state index contributed by atoms with van der Waals surface area (Å²) in [5.74, 6) is -0.851.